The zero-order valence-corrected chi connectivity index (χ0v) is 13.0. The second-order valence-corrected chi connectivity index (χ2v) is 7.72. The van der Waals surface area contributed by atoms with Crippen molar-refractivity contribution in [1.82, 2.24) is 9.71 Å². The zero-order valence-electron chi connectivity index (χ0n) is 9.78. The lowest BCUT2D eigenvalue weighted by Crippen LogP contribution is -2.24. The summed E-state index contributed by atoms with van der Waals surface area (Å²) in [6, 6.07) is 0. The van der Waals surface area contributed by atoms with Crippen LogP contribution in [0.2, 0.25) is 0 Å². The van der Waals surface area contributed by atoms with E-state index < -0.39 is 10.0 Å². The van der Waals surface area contributed by atoms with Gasteiger partial charge in [-0.1, -0.05) is 28.8 Å². The van der Waals surface area contributed by atoms with Crippen molar-refractivity contribution >= 4 is 37.3 Å². The maximum absolute atomic E-state index is 11.8. The van der Waals surface area contributed by atoms with E-state index in [1.165, 1.54) is 17.5 Å². The average molecular weight is 341 g/mol. The predicted octanol–water partition coefficient (Wildman–Crippen LogP) is 2.69. The third-order valence-corrected chi connectivity index (χ3v) is 5.61. The molecule has 0 radical (unpaired) electrons. The van der Waals surface area contributed by atoms with Crippen LogP contribution < -0.4 is 4.72 Å². The number of alkyl halides is 1. The number of hydrogen-bond donors (Lipinski definition) is 1. The van der Waals surface area contributed by atoms with Crippen LogP contribution in [0.4, 0.5) is 0 Å². The van der Waals surface area contributed by atoms with E-state index in [9.17, 15) is 8.42 Å². The molecule has 17 heavy (non-hydrogen) atoms. The number of nitrogens with one attached hydrogen (secondary N) is 1. The fourth-order valence-corrected chi connectivity index (χ4v) is 3.94. The molecule has 0 saturated carbocycles. The van der Waals surface area contributed by atoms with Gasteiger partial charge >= 0.3 is 0 Å². The zero-order chi connectivity index (χ0) is 12.7. The van der Waals surface area contributed by atoms with Gasteiger partial charge in [-0.3, -0.25) is 0 Å². The highest BCUT2D eigenvalue weighted by molar-refractivity contribution is 9.09. The second kappa shape index (κ2) is 7.45. The Balaban J connectivity index is 2.31. The van der Waals surface area contributed by atoms with Crippen molar-refractivity contribution in [2.75, 3.05) is 11.9 Å². The molecule has 0 aliphatic carbocycles. The van der Waals surface area contributed by atoms with Crippen molar-refractivity contribution in [3.63, 3.8) is 0 Å². The van der Waals surface area contributed by atoms with Gasteiger partial charge in [0.1, 0.15) is 0 Å². The number of unbranched alkanes of at least 4 members (excludes halogenated alkanes) is 3. The first-order valence-corrected chi connectivity index (χ1v) is 8.96. The smallest absolute Gasteiger partial charge is 0.249 e. The third kappa shape index (κ3) is 5.46. The summed E-state index contributed by atoms with van der Waals surface area (Å²) in [5.74, 6) is 0. The Morgan fingerprint density at radius 2 is 2.06 bits per heavy atom. The molecule has 1 N–H and O–H groups in total. The molecule has 0 spiro atoms. The number of sulfonamides is 1. The van der Waals surface area contributed by atoms with Crippen molar-refractivity contribution in [3.05, 3.63) is 11.2 Å². The maximum atomic E-state index is 11.8. The molecular weight excluding hydrogens is 324 g/mol. The van der Waals surface area contributed by atoms with E-state index >= 15 is 0 Å². The van der Waals surface area contributed by atoms with Gasteiger partial charge in [0, 0.05) is 11.9 Å². The highest BCUT2D eigenvalue weighted by Crippen LogP contribution is 2.17. The molecule has 0 fully saturated rings. The minimum atomic E-state index is -3.34. The summed E-state index contributed by atoms with van der Waals surface area (Å²) >= 11 is 4.56. The van der Waals surface area contributed by atoms with Crippen molar-refractivity contribution < 1.29 is 8.42 Å². The Morgan fingerprint density at radius 1 is 1.35 bits per heavy atom. The van der Waals surface area contributed by atoms with Gasteiger partial charge in [0.2, 0.25) is 0 Å². The summed E-state index contributed by atoms with van der Waals surface area (Å²) in [5, 5.41) is 1.78. The van der Waals surface area contributed by atoms with Gasteiger partial charge in [0.25, 0.3) is 10.0 Å². The van der Waals surface area contributed by atoms with Crippen LogP contribution in [0.25, 0.3) is 0 Å². The quantitative estimate of drug-likeness (QED) is 0.584. The highest BCUT2D eigenvalue weighted by Gasteiger charge is 2.15. The third-order valence-electron chi connectivity index (χ3n) is 2.22. The van der Waals surface area contributed by atoms with Crippen molar-refractivity contribution in [2.45, 2.75) is 36.8 Å². The Hall–Kier alpha value is 0.0200. The van der Waals surface area contributed by atoms with Crippen LogP contribution in [-0.4, -0.2) is 25.3 Å². The Bertz CT molecular complexity index is 431. The van der Waals surface area contributed by atoms with Gasteiger partial charge in [0.15, 0.2) is 4.21 Å². The molecule has 1 heterocycles. The van der Waals surface area contributed by atoms with Crippen LogP contribution in [0.1, 0.15) is 30.7 Å². The van der Waals surface area contributed by atoms with E-state index in [-0.39, 0.29) is 0 Å². The molecule has 0 bridgehead atoms. The monoisotopic (exact) mass is 340 g/mol. The lowest BCUT2D eigenvalue weighted by Gasteiger charge is -2.03. The van der Waals surface area contributed by atoms with E-state index in [1.807, 2.05) is 0 Å². The average Bonchev–Trinajstić information content (AvgIpc) is 2.71. The molecule has 0 aliphatic rings. The normalized spacial score (nSPS) is 11.9. The van der Waals surface area contributed by atoms with E-state index in [4.69, 9.17) is 0 Å². The van der Waals surface area contributed by atoms with E-state index in [0.29, 0.717) is 10.8 Å². The van der Waals surface area contributed by atoms with Crippen LogP contribution in [0.3, 0.4) is 0 Å². The predicted molar refractivity (Wildman–Crippen MR) is 74.3 cm³/mol. The summed E-state index contributed by atoms with van der Waals surface area (Å²) in [6.45, 7) is 2.30. The summed E-state index contributed by atoms with van der Waals surface area (Å²) in [4.78, 5) is 3.95. The Kier molecular flexibility index (Phi) is 6.61. The van der Waals surface area contributed by atoms with Crippen LogP contribution in [0.15, 0.2) is 10.4 Å². The van der Waals surface area contributed by atoms with Gasteiger partial charge in [0.05, 0.1) is 11.2 Å². The number of aromatic nitrogens is 1. The fraction of sp³-hybridized carbons (Fsp3) is 0.700. The van der Waals surface area contributed by atoms with Gasteiger partial charge in [-0.05, 0) is 19.8 Å². The number of nitrogens with zero attached hydrogens (tertiary/aromatic N) is 1. The molecule has 0 aliphatic heterocycles. The molecule has 1 aromatic heterocycles. The summed E-state index contributed by atoms with van der Waals surface area (Å²) in [5.41, 5.74) is 0. The van der Waals surface area contributed by atoms with E-state index in [1.54, 1.807) is 6.92 Å². The van der Waals surface area contributed by atoms with Crippen LogP contribution >= 0.6 is 27.3 Å². The van der Waals surface area contributed by atoms with Crippen LogP contribution in [-0.2, 0) is 10.0 Å². The number of halogens is 1. The van der Waals surface area contributed by atoms with Crippen LogP contribution in [0, 0.1) is 6.92 Å². The lowest BCUT2D eigenvalue weighted by molar-refractivity contribution is 0.575. The molecule has 0 unspecified atom stereocenters. The summed E-state index contributed by atoms with van der Waals surface area (Å²) in [7, 11) is -3.34. The summed E-state index contributed by atoms with van der Waals surface area (Å²) in [6.07, 6.45) is 5.61. The van der Waals surface area contributed by atoms with Crippen molar-refractivity contribution in [3.8, 4) is 0 Å². The molecule has 0 saturated heterocycles. The number of aryl methyl sites for hydroxylation is 1. The van der Waals surface area contributed by atoms with Gasteiger partial charge in [-0.2, -0.15) is 0 Å². The molecule has 98 valence electrons. The van der Waals surface area contributed by atoms with E-state index in [2.05, 4.69) is 25.6 Å². The molecular formula is C10H17BrN2O2S2. The molecule has 4 nitrogen and oxygen atoms in total. The van der Waals surface area contributed by atoms with E-state index in [0.717, 1.165) is 36.0 Å². The highest BCUT2D eigenvalue weighted by atomic mass is 79.9. The molecule has 7 heteroatoms. The lowest BCUT2D eigenvalue weighted by atomic mass is 10.2. The molecule has 0 amide bonds. The number of thiazole rings is 1. The second-order valence-electron chi connectivity index (χ2n) is 3.70. The summed E-state index contributed by atoms with van der Waals surface area (Å²) < 4.78 is 26.5. The topological polar surface area (TPSA) is 59.1 Å². The number of rotatable bonds is 8. The number of hydrogen-bond acceptors (Lipinski definition) is 4. The van der Waals surface area contributed by atoms with Gasteiger partial charge in [-0.25, -0.2) is 18.1 Å². The maximum Gasteiger partial charge on any atom is 0.251 e. The Labute approximate surface area is 115 Å². The Morgan fingerprint density at radius 3 is 2.65 bits per heavy atom. The minimum absolute atomic E-state index is 0.301. The van der Waals surface area contributed by atoms with Gasteiger partial charge in [-0.15, -0.1) is 11.3 Å². The molecule has 1 aromatic rings. The fourth-order valence-electron chi connectivity index (χ4n) is 1.32. The van der Waals surface area contributed by atoms with Crippen molar-refractivity contribution in [2.24, 2.45) is 0 Å². The van der Waals surface area contributed by atoms with Gasteiger partial charge < -0.3 is 0 Å². The first kappa shape index (κ1) is 15.1. The molecule has 1 rings (SSSR count). The first-order chi connectivity index (χ1) is 8.06. The first-order valence-electron chi connectivity index (χ1n) is 5.54. The largest absolute Gasteiger partial charge is 0.251 e. The SMILES string of the molecule is Cc1ncc(S(=O)(=O)NCCCCCCBr)s1. The van der Waals surface area contributed by atoms with Crippen molar-refractivity contribution in [1.29, 1.82) is 0 Å². The standard InChI is InChI=1S/C10H17BrN2O2S2/c1-9-12-8-10(16-9)17(14,15)13-7-5-3-2-4-6-11/h8,13H,2-7H2,1H3. The molecule has 0 atom stereocenters. The minimum Gasteiger partial charge on any atom is -0.249 e. The molecule has 0 aromatic carbocycles. The van der Waals surface area contributed by atoms with Crippen LogP contribution in [0.5, 0.6) is 0 Å².